The van der Waals surface area contributed by atoms with E-state index in [0.717, 1.165) is 30.4 Å². The molecular weight excluding hydrogens is 378 g/mol. The number of anilines is 3. The predicted octanol–water partition coefficient (Wildman–Crippen LogP) is 3.92. The number of carbonyl (C=O) groups excluding carboxylic acids is 2. The lowest BCUT2D eigenvalue weighted by atomic mass is 10.1. The molecule has 2 amide bonds. The summed E-state index contributed by atoms with van der Waals surface area (Å²) in [5, 5.41) is 2.98. The van der Waals surface area contributed by atoms with Crippen LogP contribution in [0.1, 0.15) is 26.7 Å². The number of hydrogen-bond donors (Lipinski definition) is 1. The molecule has 6 nitrogen and oxygen atoms in total. The van der Waals surface area contributed by atoms with Crippen LogP contribution in [0.3, 0.4) is 0 Å². The highest BCUT2D eigenvalue weighted by Gasteiger charge is 2.36. The molecule has 0 spiro atoms. The molecule has 2 heterocycles. The van der Waals surface area contributed by atoms with Crippen LogP contribution in [-0.2, 0) is 9.59 Å². The summed E-state index contributed by atoms with van der Waals surface area (Å²) >= 11 is 0. The molecule has 2 saturated heterocycles. The Morgan fingerprint density at radius 1 is 1.13 bits per heavy atom. The topological polar surface area (TPSA) is 61.9 Å². The predicted molar refractivity (Wildman–Crippen MR) is 119 cm³/mol. The molecule has 2 atom stereocenters. The lowest BCUT2D eigenvalue weighted by molar-refractivity contribution is -0.122. The monoisotopic (exact) mass is 407 g/mol. The number of carbonyl (C=O) groups is 2. The van der Waals surface area contributed by atoms with E-state index in [0.29, 0.717) is 18.9 Å². The summed E-state index contributed by atoms with van der Waals surface area (Å²) in [4.78, 5) is 29.4. The van der Waals surface area contributed by atoms with Gasteiger partial charge in [0.1, 0.15) is 5.75 Å². The van der Waals surface area contributed by atoms with Crippen molar-refractivity contribution >= 4 is 28.9 Å². The van der Waals surface area contributed by atoms with Gasteiger partial charge in [0, 0.05) is 37.4 Å². The van der Waals surface area contributed by atoms with E-state index in [1.165, 1.54) is 12.1 Å². The van der Waals surface area contributed by atoms with Gasteiger partial charge in [-0.2, -0.15) is 0 Å². The first-order chi connectivity index (χ1) is 14.5. The Hall–Kier alpha value is -3.02. The molecule has 2 aromatic carbocycles. The molecule has 2 aromatic rings. The van der Waals surface area contributed by atoms with E-state index >= 15 is 0 Å². The third kappa shape index (κ3) is 4.27. The molecule has 0 aromatic heterocycles. The van der Waals surface area contributed by atoms with Crippen molar-refractivity contribution in [2.45, 2.75) is 26.7 Å². The van der Waals surface area contributed by atoms with Gasteiger partial charge in [0.25, 0.3) is 0 Å². The van der Waals surface area contributed by atoms with Gasteiger partial charge in [-0.15, -0.1) is 0 Å². The second kappa shape index (κ2) is 8.78. The Morgan fingerprint density at radius 2 is 1.90 bits per heavy atom. The van der Waals surface area contributed by atoms with Gasteiger partial charge in [-0.3, -0.25) is 9.59 Å². The fourth-order valence-corrected chi connectivity index (χ4v) is 4.24. The van der Waals surface area contributed by atoms with Crippen molar-refractivity contribution in [1.82, 2.24) is 0 Å². The van der Waals surface area contributed by atoms with E-state index in [-0.39, 0.29) is 24.2 Å². The van der Waals surface area contributed by atoms with Crippen LogP contribution in [0.15, 0.2) is 48.5 Å². The molecule has 0 aliphatic carbocycles. The highest BCUT2D eigenvalue weighted by Crippen LogP contribution is 2.33. The summed E-state index contributed by atoms with van der Waals surface area (Å²) in [6.45, 7) is 7.22. The van der Waals surface area contributed by atoms with Crippen molar-refractivity contribution in [3.05, 3.63) is 48.5 Å². The minimum Gasteiger partial charge on any atom is -0.492 e. The SMILES string of the molecule is CCOc1ccccc1N1CC(C(=O)Nc2ccc(N3CCC(C)C3)cc2)CC1=O. The molecule has 2 aliphatic rings. The van der Waals surface area contributed by atoms with E-state index in [1.807, 2.05) is 43.3 Å². The second-order valence-electron chi connectivity index (χ2n) is 8.18. The van der Waals surface area contributed by atoms with E-state index in [2.05, 4.69) is 29.3 Å². The smallest absolute Gasteiger partial charge is 0.229 e. The number of benzene rings is 2. The van der Waals surface area contributed by atoms with Crippen LogP contribution in [0.2, 0.25) is 0 Å². The largest absolute Gasteiger partial charge is 0.492 e. The van der Waals surface area contributed by atoms with Crippen LogP contribution in [0.25, 0.3) is 0 Å². The molecule has 4 rings (SSSR count). The standard InChI is InChI=1S/C24H29N3O3/c1-3-30-22-7-5-4-6-21(22)27-16-18(14-23(27)28)24(29)25-19-8-10-20(11-9-19)26-13-12-17(2)15-26/h4-11,17-18H,3,12-16H2,1-2H3,(H,25,29). The second-order valence-corrected chi connectivity index (χ2v) is 8.18. The van der Waals surface area contributed by atoms with Gasteiger partial charge >= 0.3 is 0 Å². The molecule has 6 heteroatoms. The van der Waals surface area contributed by atoms with Gasteiger partial charge < -0.3 is 19.9 Å². The number of rotatable bonds is 6. The maximum Gasteiger partial charge on any atom is 0.229 e. The lowest BCUT2D eigenvalue weighted by Gasteiger charge is -2.20. The zero-order valence-electron chi connectivity index (χ0n) is 17.6. The van der Waals surface area contributed by atoms with Gasteiger partial charge in [-0.05, 0) is 55.7 Å². The van der Waals surface area contributed by atoms with Gasteiger partial charge in [-0.25, -0.2) is 0 Å². The number of nitrogens with zero attached hydrogens (tertiary/aromatic N) is 2. The van der Waals surface area contributed by atoms with Crippen LogP contribution < -0.4 is 19.9 Å². The maximum atomic E-state index is 12.8. The Bertz CT molecular complexity index is 912. The molecular formula is C24H29N3O3. The summed E-state index contributed by atoms with van der Waals surface area (Å²) in [5.74, 6) is 0.829. The minimum atomic E-state index is -0.383. The van der Waals surface area contributed by atoms with E-state index in [4.69, 9.17) is 4.74 Å². The summed E-state index contributed by atoms with van der Waals surface area (Å²) in [5.41, 5.74) is 2.67. The lowest BCUT2D eigenvalue weighted by Crippen LogP contribution is -2.28. The number of amides is 2. The Kier molecular flexibility index (Phi) is 5.93. The van der Waals surface area contributed by atoms with Crippen molar-refractivity contribution in [2.75, 3.05) is 41.4 Å². The molecule has 1 N–H and O–H groups in total. The third-order valence-corrected chi connectivity index (χ3v) is 5.88. The van der Waals surface area contributed by atoms with E-state index in [1.54, 1.807) is 4.90 Å². The van der Waals surface area contributed by atoms with Crippen LogP contribution in [0, 0.1) is 11.8 Å². The van der Waals surface area contributed by atoms with E-state index in [9.17, 15) is 9.59 Å². The number of ether oxygens (including phenoxy) is 1. The summed E-state index contributed by atoms with van der Waals surface area (Å²) in [6, 6.07) is 15.5. The normalized spacial score (nSPS) is 21.2. The summed E-state index contributed by atoms with van der Waals surface area (Å²) in [7, 11) is 0. The average Bonchev–Trinajstić information content (AvgIpc) is 3.35. The number of nitrogens with one attached hydrogen (secondary N) is 1. The van der Waals surface area contributed by atoms with Crippen molar-refractivity contribution < 1.29 is 14.3 Å². The fourth-order valence-electron chi connectivity index (χ4n) is 4.24. The molecule has 0 radical (unpaired) electrons. The van der Waals surface area contributed by atoms with Crippen LogP contribution >= 0.6 is 0 Å². The summed E-state index contributed by atoms with van der Waals surface area (Å²) < 4.78 is 5.65. The molecule has 2 fully saturated rings. The zero-order chi connectivity index (χ0) is 21.1. The van der Waals surface area contributed by atoms with Crippen molar-refractivity contribution in [3.63, 3.8) is 0 Å². The van der Waals surface area contributed by atoms with Crippen LogP contribution in [0.4, 0.5) is 17.1 Å². The first kappa shape index (κ1) is 20.3. The van der Waals surface area contributed by atoms with Crippen LogP contribution in [-0.4, -0.2) is 38.1 Å². The van der Waals surface area contributed by atoms with Gasteiger partial charge in [0.05, 0.1) is 18.2 Å². The summed E-state index contributed by atoms with van der Waals surface area (Å²) in [6.07, 6.45) is 1.42. The Labute approximate surface area is 177 Å². The molecule has 2 aliphatic heterocycles. The van der Waals surface area contributed by atoms with Crippen molar-refractivity contribution in [3.8, 4) is 5.75 Å². The molecule has 0 bridgehead atoms. The molecule has 2 unspecified atom stereocenters. The molecule has 158 valence electrons. The molecule has 0 saturated carbocycles. The molecule has 30 heavy (non-hydrogen) atoms. The fraction of sp³-hybridized carbons (Fsp3) is 0.417. The highest BCUT2D eigenvalue weighted by molar-refractivity contribution is 6.04. The zero-order valence-corrected chi connectivity index (χ0v) is 17.6. The maximum absolute atomic E-state index is 12.8. The third-order valence-electron chi connectivity index (χ3n) is 5.88. The highest BCUT2D eigenvalue weighted by atomic mass is 16.5. The van der Waals surface area contributed by atoms with Crippen molar-refractivity contribution in [2.24, 2.45) is 11.8 Å². The van der Waals surface area contributed by atoms with Gasteiger partial charge in [0.2, 0.25) is 11.8 Å². The Morgan fingerprint density at radius 3 is 2.60 bits per heavy atom. The van der Waals surface area contributed by atoms with E-state index < -0.39 is 0 Å². The average molecular weight is 408 g/mol. The van der Waals surface area contributed by atoms with Gasteiger partial charge in [-0.1, -0.05) is 19.1 Å². The first-order valence-electron chi connectivity index (χ1n) is 10.7. The Balaban J connectivity index is 1.39. The first-order valence-corrected chi connectivity index (χ1v) is 10.7. The number of para-hydroxylation sites is 2. The van der Waals surface area contributed by atoms with Crippen molar-refractivity contribution in [1.29, 1.82) is 0 Å². The number of hydrogen-bond acceptors (Lipinski definition) is 4. The van der Waals surface area contributed by atoms with Gasteiger partial charge in [0.15, 0.2) is 0 Å². The minimum absolute atomic E-state index is 0.0548. The quantitative estimate of drug-likeness (QED) is 0.788. The van der Waals surface area contributed by atoms with Crippen LogP contribution in [0.5, 0.6) is 5.75 Å².